The standard InChI is InChI=1S/C16H19N3O6S/c1-18-9-11(8-17-18)10-19(2)26(22,23)14-7-12(15(20)24-3)5-6-13(14)16(21)25-4/h5-9H,10H2,1-4H3. The molecule has 2 aromatic rings. The number of nitrogens with zero attached hydrogens (tertiary/aromatic N) is 3. The van der Waals surface area contributed by atoms with E-state index in [1.807, 2.05) is 0 Å². The maximum atomic E-state index is 13.0. The van der Waals surface area contributed by atoms with E-state index < -0.39 is 22.0 Å². The molecule has 0 saturated carbocycles. The molecule has 9 nitrogen and oxygen atoms in total. The molecule has 10 heteroatoms. The summed E-state index contributed by atoms with van der Waals surface area (Å²) in [6.45, 7) is 0.0409. The SMILES string of the molecule is COC(=O)c1ccc(C(=O)OC)c(S(=O)(=O)N(C)Cc2cnn(C)c2)c1. The van der Waals surface area contributed by atoms with Gasteiger partial charge in [-0.15, -0.1) is 0 Å². The average molecular weight is 381 g/mol. The van der Waals surface area contributed by atoms with Crippen LogP contribution in [0, 0.1) is 0 Å². The highest BCUT2D eigenvalue weighted by Gasteiger charge is 2.29. The van der Waals surface area contributed by atoms with E-state index in [9.17, 15) is 18.0 Å². The Labute approximate surface area is 151 Å². The molecule has 140 valence electrons. The number of benzene rings is 1. The number of aromatic nitrogens is 2. The molecule has 2 rings (SSSR count). The second kappa shape index (κ2) is 7.67. The Morgan fingerprint density at radius 1 is 1.19 bits per heavy atom. The number of hydrogen-bond donors (Lipinski definition) is 0. The van der Waals surface area contributed by atoms with Gasteiger partial charge in [0.1, 0.15) is 0 Å². The van der Waals surface area contributed by atoms with Crippen molar-refractivity contribution in [2.45, 2.75) is 11.4 Å². The normalized spacial score (nSPS) is 11.4. The van der Waals surface area contributed by atoms with E-state index in [0.717, 1.165) is 17.5 Å². The molecule has 0 aliphatic rings. The van der Waals surface area contributed by atoms with Crippen LogP contribution in [0.25, 0.3) is 0 Å². The summed E-state index contributed by atoms with van der Waals surface area (Å²) in [5.74, 6) is -1.54. The van der Waals surface area contributed by atoms with Gasteiger partial charge in [-0.1, -0.05) is 0 Å². The predicted molar refractivity (Wildman–Crippen MR) is 91.0 cm³/mol. The van der Waals surface area contributed by atoms with E-state index in [1.54, 1.807) is 17.9 Å². The first kappa shape index (κ1) is 19.6. The van der Waals surface area contributed by atoms with Gasteiger partial charge in [-0.25, -0.2) is 18.0 Å². The molecular formula is C16H19N3O6S. The smallest absolute Gasteiger partial charge is 0.339 e. The van der Waals surface area contributed by atoms with Crippen molar-refractivity contribution in [3.05, 3.63) is 47.3 Å². The van der Waals surface area contributed by atoms with Crippen molar-refractivity contribution in [3.8, 4) is 0 Å². The first-order chi connectivity index (χ1) is 12.2. The summed E-state index contributed by atoms with van der Waals surface area (Å²) < 4.78 is 37.8. The van der Waals surface area contributed by atoms with Gasteiger partial charge >= 0.3 is 11.9 Å². The summed E-state index contributed by atoms with van der Waals surface area (Å²) in [5, 5.41) is 3.99. The molecule has 1 aromatic carbocycles. The highest BCUT2D eigenvalue weighted by atomic mass is 32.2. The monoisotopic (exact) mass is 381 g/mol. The van der Waals surface area contributed by atoms with Crippen LogP contribution in [0.5, 0.6) is 0 Å². The number of carbonyl (C=O) groups is 2. The quantitative estimate of drug-likeness (QED) is 0.682. The molecule has 0 N–H and O–H groups in total. The lowest BCUT2D eigenvalue weighted by Gasteiger charge is -2.18. The van der Waals surface area contributed by atoms with Crippen LogP contribution >= 0.6 is 0 Å². The third kappa shape index (κ3) is 3.92. The van der Waals surface area contributed by atoms with E-state index in [1.165, 1.54) is 32.5 Å². The molecule has 0 saturated heterocycles. The first-order valence-corrected chi connectivity index (χ1v) is 8.89. The van der Waals surface area contributed by atoms with Crippen LogP contribution < -0.4 is 0 Å². The number of sulfonamides is 1. The number of hydrogen-bond acceptors (Lipinski definition) is 7. The largest absolute Gasteiger partial charge is 0.465 e. The van der Waals surface area contributed by atoms with Gasteiger partial charge in [-0.05, 0) is 18.2 Å². The summed E-state index contributed by atoms with van der Waals surface area (Å²) in [5.41, 5.74) is 0.508. The number of aryl methyl sites for hydroxylation is 1. The van der Waals surface area contributed by atoms with E-state index >= 15 is 0 Å². The predicted octanol–water partition coefficient (Wildman–Crippen LogP) is 0.814. The topological polar surface area (TPSA) is 108 Å². The van der Waals surface area contributed by atoms with Crippen LogP contribution in [-0.2, 0) is 33.1 Å². The summed E-state index contributed by atoms with van der Waals surface area (Å²) in [4.78, 5) is 23.4. The van der Waals surface area contributed by atoms with Gasteiger partial charge in [0, 0.05) is 32.4 Å². The summed E-state index contributed by atoms with van der Waals surface area (Å²) in [6.07, 6.45) is 3.22. The maximum absolute atomic E-state index is 13.0. The van der Waals surface area contributed by atoms with Crippen LogP contribution in [0.3, 0.4) is 0 Å². The van der Waals surface area contributed by atoms with Crippen molar-refractivity contribution in [1.29, 1.82) is 0 Å². The second-order valence-corrected chi connectivity index (χ2v) is 7.49. The molecule has 1 aromatic heterocycles. The van der Waals surface area contributed by atoms with Crippen molar-refractivity contribution < 1.29 is 27.5 Å². The molecular weight excluding hydrogens is 362 g/mol. The van der Waals surface area contributed by atoms with Gasteiger partial charge in [0.05, 0.1) is 36.4 Å². The molecule has 26 heavy (non-hydrogen) atoms. The lowest BCUT2D eigenvalue weighted by molar-refractivity contribution is 0.0583. The van der Waals surface area contributed by atoms with Gasteiger partial charge in [-0.2, -0.15) is 9.40 Å². The van der Waals surface area contributed by atoms with Crippen LogP contribution in [0.15, 0.2) is 35.5 Å². The molecule has 0 aliphatic heterocycles. The molecule has 0 unspecified atom stereocenters. The zero-order valence-electron chi connectivity index (χ0n) is 14.8. The van der Waals surface area contributed by atoms with Crippen LogP contribution in [0.2, 0.25) is 0 Å². The van der Waals surface area contributed by atoms with Crippen molar-refractivity contribution in [2.75, 3.05) is 21.3 Å². The third-order valence-electron chi connectivity index (χ3n) is 3.66. The average Bonchev–Trinajstić information content (AvgIpc) is 3.04. The highest BCUT2D eigenvalue weighted by molar-refractivity contribution is 7.89. The van der Waals surface area contributed by atoms with E-state index in [4.69, 9.17) is 0 Å². The van der Waals surface area contributed by atoms with Gasteiger partial charge in [0.15, 0.2) is 0 Å². The molecule has 0 bridgehead atoms. The lowest BCUT2D eigenvalue weighted by atomic mass is 10.1. The Bertz CT molecular complexity index is 935. The highest BCUT2D eigenvalue weighted by Crippen LogP contribution is 2.23. The number of methoxy groups -OCH3 is 2. The van der Waals surface area contributed by atoms with Gasteiger partial charge in [0.2, 0.25) is 10.0 Å². The molecule has 0 atom stereocenters. The fourth-order valence-electron chi connectivity index (χ4n) is 2.32. The van der Waals surface area contributed by atoms with Crippen molar-refractivity contribution in [3.63, 3.8) is 0 Å². The molecule has 1 heterocycles. The number of ether oxygens (including phenoxy) is 2. The van der Waals surface area contributed by atoms with Crippen LogP contribution in [0.1, 0.15) is 26.3 Å². The Morgan fingerprint density at radius 3 is 2.38 bits per heavy atom. The van der Waals surface area contributed by atoms with Gasteiger partial charge in [0.25, 0.3) is 0 Å². The molecule has 0 spiro atoms. The zero-order valence-corrected chi connectivity index (χ0v) is 15.6. The van der Waals surface area contributed by atoms with E-state index in [0.29, 0.717) is 5.56 Å². The third-order valence-corrected chi connectivity index (χ3v) is 5.50. The summed E-state index contributed by atoms with van der Waals surface area (Å²) in [7, 11) is 1.32. The number of carbonyl (C=O) groups excluding carboxylic acids is 2. The van der Waals surface area contributed by atoms with Gasteiger partial charge < -0.3 is 9.47 Å². The molecule has 0 fully saturated rings. The van der Waals surface area contributed by atoms with Crippen molar-refractivity contribution >= 4 is 22.0 Å². The van der Waals surface area contributed by atoms with Crippen LogP contribution in [-0.4, -0.2) is 55.7 Å². The Hall–Kier alpha value is -2.72. The van der Waals surface area contributed by atoms with E-state index in [2.05, 4.69) is 14.6 Å². The molecule has 0 amide bonds. The number of esters is 2. The van der Waals surface area contributed by atoms with E-state index in [-0.39, 0.29) is 22.6 Å². The van der Waals surface area contributed by atoms with Crippen LogP contribution in [0.4, 0.5) is 0 Å². The Balaban J connectivity index is 2.50. The minimum Gasteiger partial charge on any atom is -0.465 e. The molecule has 0 aliphatic carbocycles. The molecule has 0 radical (unpaired) electrons. The maximum Gasteiger partial charge on any atom is 0.339 e. The zero-order chi connectivity index (χ0) is 19.5. The number of rotatable bonds is 6. The minimum atomic E-state index is -4.09. The Morgan fingerprint density at radius 2 is 1.85 bits per heavy atom. The summed E-state index contributed by atoms with van der Waals surface area (Å²) in [6, 6.07) is 3.63. The fraction of sp³-hybridized carbons (Fsp3) is 0.312. The fourth-order valence-corrected chi connectivity index (χ4v) is 3.68. The second-order valence-electron chi connectivity index (χ2n) is 5.48. The van der Waals surface area contributed by atoms with Crippen molar-refractivity contribution in [2.24, 2.45) is 7.05 Å². The van der Waals surface area contributed by atoms with Gasteiger partial charge in [-0.3, -0.25) is 4.68 Å². The lowest BCUT2D eigenvalue weighted by Crippen LogP contribution is -2.28. The van der Waals surface area contributed by atoms with Crippen molar-refractivity contribution in [1.82, 2.24) is 14.1 Å². The Kier molecular flexibility index (Phi) is 5.78. The first-order valence-electron chi connectivity index (χ1n) is 7.45. The summed E-state index contributed by atoms with van der Waals surface area (Å²) >= 11 is 0. The minimum absolute atomic E-state index is 0.00788.